The fourth-order valence-corrected chi connectivity index (χ4v) is 3.48. The Morgan fingerprint density at radius 2 is 1.64 bits per heavy atom. The molecule has 0 aliphatic carbocycles. The van der Waals surface area contributed by atoms with Crippen LogP contribution in [0.4, 0.5) is 4.39 Å². The highest BCUT2D eigenvalue weighted by Gasteiger charge is 2.30. The Kier molecular flexibility index (Phi) is 6.57. The molecule has 0 bridgehead atoms. The molecule has 0 saturated heterocycles. The maximum absolute atomic E-state index is 13.6. The van der Waals surface area contributed by atoms with Gasteiger partial charge in [0.15, 0.2) is 9.84 Å². The van der Waals surface area contributed by atoms with Crippen LogP contribution < -0.4 is 0 Å². The molecule has 0 aromatic heterocycles. The lowest BCUT2D eigenvalue weighted by Gasteiger charge is -2.32. The fraction of sp³-hybridized carbons (Fsp3) is 0.333. The molecule has 0 unspecified atom stereocenters. The number of halogens is 2. The lowest BCUT2D eigenvalue weighted by Crippen LogP contribution is -2.36. The van der Waals surface area contributed by atoms with Crippen molar-refractivity contribution in [2.24, 2.45) is 0 Å². The second-order valence-corrected chi connectivity index (χ2v) is 8.34. The zero-order valence-corrected chi connectivity index (χ0v) is 15.6. The van der Waals surface area contributed by atoms with Gasteiger partial charge in [0.25, 0.3) is 0 Å². The van der Waals surface area contributed by atoms with Gasteiger partial charge in [0, 0.05) is 12.3 Å². The monoisotopic (exact) mass is 385 g/mol. The topological polar surface area (TPSA) is 57.6 Å². The van der Waals surface area contributed by atoms with Crippen molar-refractivity contribution >= 4 is 21.6 Å². The van der Waals surface area contributed by atoms with Crippen molar-refractivity contribution in [3.05, 3.63) is 65.7 Å². The van der Waals surface area contributed by atoms with Crippen molar-refractivity contribution in [2.45, 2.75) is 30.0 Å². The number of sulfone groups is 1. The third-order valence-electron chi connectivity index (χ3n) is 4.14. The van der Waals surface area contributed by atoms with E-state index in [1.54, 1.807) is 0 Å². The molecule has 0 spiro atoms. The van der Waals surface area contributed by atoms with Gasteiger partial charge < -0.3 is 5.11 Å². The first kappa shape index (κ1) is 19.8. The molecule has 136 valence electrons. The zero-order chi connectivity index (χ0) is 18.6. The predicted molar refractivity (Wildman–Crippen MR) is 96.8 cm³/mol. The van der Waals surface area contributed by atoms with E-state index in [1.807, 2.05) is 37.3 Å². The fourth-order valence-electron chi connectivity index (χ4n) is 2.58. The number of hydrogen-bond donors (Lipinski definition) is 1. The maximum Gasteiger partial charge on any atom is 0.175 e. The molecule has 4 nitrogen and oxygen atoms in total. The number of alkyl halides is 1. The van der Waals surface area contributed by atoms with Crippen LogP contribution in [0.25, 0.3) is 0 Å². The van der Waals surface area contributed by atoms with Gasteiger partial charge in [0.05, 0.1) is 17.0 Å². The molecule has 0 fully saturated rings. The van der Waals surface area contributed by atoms with Crippen molar-refractivity contribution in [3.8, 4) is 0 Å². The van der Waals surface area contributed by atoms with E-state index in [9.17, 15) is 17.9 Å². The lowest BCUT2D eigenvalue weighted by atomic mass is 10.0. The summed E-state index contributed by atoms with van der Waals surface area (Å²) in [7, 11) is -3.33. The zero-order valence-electron chi connectivity index (χ0n) is 14.0. The molecule has 2 rings (SSSR count). The first-order valence-corrected chi connectivity index (χ1v) is 10.0. The first-order chi connectivity index (χ1) is 11.8. The van der Waals surface area contributed by atoms with Crippen LogP contribution in [0.1, 0.15) is 30.2 Å². The molecule has 0 heterocycles. The summed E-state index contributed by atoms with van der Waals surface area (Å²) in [6.45, 7) is 0.972. The van der Waals surface area contributed by atoms with E-state index in [1.165, 1.54) is 28.7 Å². The van der Waals surface area contributed by atoms with Crippen LogP contribution in [0.3, 0.4) is 0 Å². The Hall–Kier alpha value is -1.47. The SMILES string of the molecule is C[C@H](c1ccccc1)N(Cl)[C@H](CF)[C@H](O)c1ccc(S(C)(=O)=O)cc1. The van der Waals surface area contributed by atoms with Crippen LogP contribution in [-0.4, -0.2) is 36.9 Å². The number of rotatable bonds is 7. The van der Waals surface area contributed by atoms with Crippen LogP contribution in [0.5, 0.6) is 0 Å². The average molecular weight is 386 g/mol. The Labute approximate surface area is 152 Å². The maximum atomic E-state index is 13.6. The van der Waals surface area contributed by atoms with Crippen LogP contribution >= 0.6 is 11.8 Å². The number of nitrogens with zero attached hydrogens (tertiary/aromatic N) is 1. The van der Waals surface area contributed by atoms with Gasteiger partial charge in [-0.3, -0.25) is 0 Å². The van der Waals surface area contributed by atoms with E-state index < -0.39 is 28.7 Å². The Morgan fingerprint density at radius 1 is 1.08 bits per heavy atom. The molecule has 2 aromatic carbocycles. The Bertz CT molecular complexity index is 784. The van der Waals surface area contributed by atoms with Gasteiger partial charge in [-0.1, -0.05) is 42.5 Å². The van der Waals surface area contributed by atoms with Crippen molar-refractivity contribution in [1.29, 1.82) is 0 Å². The van der Waals surface area contributed by atoms with Gasteiger partial charge in [-0.25, -0.2) is 17.2 Å². The molecule has 2 aromatic rings. The molecule has 1 N–H and O–H groups in total. The van der Waals surface area contributed by atoms with Gasteiger partial charge in [-0.15, -0.1) is 0 Å². The van der Waals surface area contributed by atoms with Crippen LogP contribution in [0.2, 0.25) is 0 Å². The molecule has 0 amide bonds. The van der Waals surface area contributed by atoms with Crippen molar-refractivity contribution < 1.29 is 17.9 Å². The van der Waals surface area contributed by atoms with Gasteiger partial charge in [-0.05, 0) is 42.0 Å². The predicted octanol–water partition coefficient (Wildman–Crippen LogP) is 3.68. The Morgan fingerprint density at radius 3 is 2.12 bits per heavy atom. The molecular weight excluding hydrogens is 365 g/mol. The molecule has 0 radical (unpaired) electrons. The number of benzene rings is 2. The van der Waals surface area contributed by atoms with Gasteiger partial charge >= 0.3 is 0 Å². The second-order valence-electron chi connectivity index (χ2n) is 5.94. The van der Waals surface area contributed by atoms with E-state index in [2.05, 4.69) is 0 Å². The normalized spacial score (nSPS) is 15.8. The number of hydrogen-bond acceptors (Lipinski definition) is 4. The summed E-state index contributed by atoms with van der Waals surface area (Å²) < 4.78 is 37.9. The highest BCUT2D eigenvalue weighted by molar-refractivity contribution is 7.90. The molecule has 25 heavy (non-hydrogen) atoms. The highest BCUT2D eigenvalue weighted by atomic mass is 35.5. The van der Waals surface area contributed by atoms with Gasteiger partial charge in [0.2, 0.25) is 0 Å². The standard InChI is InChI=1S/C18H21ClFNO3S/c1-13(14-6-4-3-5-7-14)21(19)17(12-20)18(22)15-8-10-16(11-9-15)25(2,23)24/h3-11,13,17-18,22H,12H2,1-2H3/t13-,17-,18-/m1/s1. The summed E-state index contributed by atoms with van der Waals surface area (Å²) in [5.74, 6) is 0. The lowest BCUT2D eigenvalue weighted by molar-refractivity contribution is 0.0615. The van der Waals surface area contributed by atoms with E-state index in [-0.39, 0.29) is 10.9 Å². The average Bonchev–Trinajstić information content (AvgIpc) is 2.61. The van der Waals surface area contributed by atoms with Gasteiger partial charge in [0.1, 0.15) is 6.67 Å². The summed E-state index contributed by atoms with van der Waals surface area (Å²) in [6.07, 6.45) is -0.0903. The van der Waals surface area contributed by atoms with Crippen LogP contribution in [0, 0.1) is 0 Å². The Balaban J connectivity index is 2.21. The summed E-state index contributed by atoms with van der Waals surface area (Å²) in [5, 5.41) is 10.5. The minimum Gasteiger partial charge on any atom is -0.387 e. The largest absolute Gasteiger partial charge is 0.387 e. The van der Waals surface area contributed by atoms with Crippen LogP contribution in [0.15, 0.2) is 59.5 Å². The minimum absolute atomic E-state index is 0.139. The molecule has 3 atom stereocenters. The van der Waals surface area contributed by atoms with Gasteiger partial charge in [-0.2, -0.15) is 0 Å². The highest BCUT2D eigenvalue weighted by Crippen LogP contribution is 2.31. The van der Waals surface area contributed by atoms with E-state index in [4.69, 9.17) is 11.8 Å². The molecule has 7 heteroatoms. The molecular formula is C18H21ClFNO3S. The quantitative estimate of drug-likeness (QED) is 0.739. The second kappa shape index (κ2) is 8.27. The van der Waals surface area contributed by atoms with E-state index in [0.29, 0.717) is 5.56 Å². The van der Waals surface area contributed by atoms with E-state index in [0.717, 1.165) is 11.8 Å². The summed E-state index contributed by atoms with van der Waals surface area (Å²) in [4.78, 5) is 0.139. The molecule has 0 aliphatic rings. The third kappa shape index (κ3) is 4.79. The van der Waals surface area contributed by atoms with Crippen LogP contribution in [-0.2, 0) is 9.84 Å². The third-order valence-corrected chi connectivity index (χ3v) is 5.81. The van der Waals surface area contributed by atoms with Crippen molar-refractivity contribution in [3.63, 3.8) is 0 Å². The number of aliphatic hydroxyl groups is 1. The smallest absolute Gasteiger partial charge is 0.175 e. The first-order valence-electron chi connectivity index (χ1n) is 7.78. The summed E-state index contributed by atoms with van der Waals surface area (Å²) in [5.41, 5.74) is 1.30. The summed E-state index contributed by atoms with van der Waals surface area (Å²) in [6, 6.07) is 13.8. The molecule has 0 saturated carbocycles. The number of aliphatic hydroxyl groups excluding tert-OH is 1. The molecule has 0 aliphatic heterocycles. The van der Waals surface area contributed by atoms with E-state index >= 15 is 0 Å². The summed E-state index contributed by atoms with van der Waals surface area (Å²) >= 11 is 6.32. The van der Waals surface area contributed by atoms with Crippen molar-refractivity contribution in [2.75, 3.05) is 12.9 Å². The minimum atomic E-state index is -3.33. The van der Waals surface area contributed by atoms with Crippen molar-refractivity contribution in [1.82, 2.24) is 4.42 Å².